The summed E-state index contributed by atoms with van der Waals surface area (Å²) >= 11 is 0. The van der Waals surface area contributed by atoms with Gasteiger partial charge in [-0.05, 0) is 18.1 Å². The fourth-order valence-corrected chi connectivity index (χ4v) is 2.44. The van der Waals surface area contributed by atoms with Crippen LogP contribution in [0.5, 0.6) is 0 Å². The molecule has 0 spiro atoms. The minimum Gasteiger partial charge on any atom is -0.207 e. The van der Waals surface area contributed by atoms with Crippen molar-refractivity contribution in [2.24, 2.45) is 0 Å². The maximum absolute atomic E-state index is 13.4. The summed E-state index contributed by atoms with van der Waals surface area (Å²) < 4.78 is 13.4. The van der Waals surface area contributed by atoms with E-state index in [-0.39, 0.29) is 5.82 Å². The fourth-order valence-electron chi connectivity index (χ4n) is 1.30. The van der Waals surface area contributed by atoms with Gasteiger partial charge in [-0.1, -0.05) is 43.9 Å². The summed E-state index contributed by atoms with van der Waals surface area (Å²) in [6.45, 7) is 8.67. The molecule has 0 aliphatic heterocycles. The largest absolute Gasteiger partial charge is 0.207 e. The van der Waals surface area contributed by atoms with E-state index in [2.05, 4.69) is 25.7 Å². The first-order valence-corrected chi connectivity index (χ1v) is 8.24. The predicted octanol–water partition coefficient (Wildman–Crippen LogP) is 2.93. The van der Waals surface area contributed by atoms with Crippen molar-refractivity contribution in [1.82, 2.24) is 0 Å². The first-order valence-electron chi connectivity index (χ1n) is 4.74. The number of benzene rings is 1. The highest BCUT2D eigenvalue weighted by molar-refractivity contribution is 6.88. The van der Waals surface area contributed by atoms with Crippen LogP contribution >= 0.6 is 0 Å². The van der Waals surface area contributed by atoms with Gasteiger partial charge in [-0.2, -0.15) is 0 Å². The molecule has 0 saturated carbocycles. The number of hydrogen-bond acceptors (Lipinski definition) is 0. The molecule has 0 atom stereocenters. The van der Waals surface area contributed by atoms with E-state index in [1.54, 1.807) is 6.07 Å². The second-order valence-electron chi connectivity index (χ2n) is 4.41. The molecule has 1 aromatic rings. The highest BCUT2D eigenvalue weighted by Gasteiger charge is 2.17. The second-order valence-corrected chi connectivity index (χ2v) is 9.49. The van der Waals surface area contributed by atoms with E-state index >= 15 is 0 Å². The molecule has 0 nitrogen and oxygen atoms in total. The molecule has 0 aliphatic rings. The highest BCUT2D eigenvalue weighted by atomic mass is 28.3. The SMILES string of the molecule is CCc1ccc([Si](C)(C)C)cc1F. The average molecular weight is 196 g/mol. The summed E-state index contributed by atoms with van der Waals surface area (Å²) in [5, 5.41) is 1.20. The molecule has 72 valence electrons. The van der Waals surface area contributed by atoms with Crippen LogP contribution in [-0.4, -0.2) is 8.07 Å². The van der Waals surface area contributed by atoms with Crippen molar-refractivity contribution in [3.8, 4) is 0 Å². The van der Waals surface area contributed by atoms with Gasteiger partial charge in [0.05, 0.1) is 8.07 Å². The summed E-state index contributed by atoms with van der Waals surface area (Å²) in [6, 6.07) is 5.71. The third kappa shape index (κ3) is 2.40. The normalized spacial score (nSPS) is 11.8. The Bertz CT molecular complexity index is 299. The Morgan fingerprint density at radius 1 is 1.23 bits per heavy atom. The van der Waals surface area contributed by atoms with Crippen LogP contribution in [0.4, 0.5) is 4.39 Å². The number of rotatable bonds is 2. The second kappa shape index (κ2) is 3.62. The molecule has 1 rings (SSSR count). The summed E-state index contributed by atoms with van der Waals surface area (Å²) in [6.07, 6.45) is 0.776. The van der Waals surface area contributed by atoms with Gasteiger partial charge >= 0.3 is 0 Å². The van der Waals surface area contributed by atoms with Crippen LogP contribution in [0.2, 0.25) is 19.6 Å². The van der Waals surface area contributed by atoms with Crippen molar-refractivity contribution < 1.29 is 4.39 Å². The molecular formula is C11H17FSi. The molecule has 0 radical (unpaired) electrons. The molecular weight excluding hydrogens is 179 g/mol. The van der Waals surface area contributed by atoms with Gasteiger partial charge in [0.15, 0.2) is 0 Å². The molecule has 0 saturated heterocycles. The van der Waals surface area contributed by atoms with Gasteiger partial charge < -0.3 is 0 Å². The maximum Gasteiger partial charge on any atom is 0.126 e. The van der Waals surface area contributed by atoms with Crippen LogP contribution in [0.25, 0.3) is 0 Å². The monoisotopic (exact) mass is 196 g/mol. The van der Waals surface area contributed by atoms with Crippen LogP contribution in [0.1, 0.15) is 12.5 Å². The third-order valence-corrected chi connectivity index (χ3v) is 4.34. The number of hydrogen-bond donors (Lipinski definition) is 0. The van der Waals surface area contributed by atoms with E-state index in [0.29, 0.717) is 0 Å². The van der Waals surface area contributed by atoms with Crippen molar-refractivity contribution >= 4 is 13.3 Å². The molecule has 0 aliphatic carbocycles. The minimum absolute atomic E-state index is 0.0394. The molecule has 13 heavy (non-hydrogen) atoms. The number of halogens is 1. The van der Waals surface area contributed by atoms with Gasteiger partial charge in [-0.15, -0.1) is 0 Å². The lowest BCUT2D eigenvalue weighted by Crippen LogP contribution is -2.37. The van der Waals surface area contributed by atoms with Crippen LogP contribution in [0, 0.1) is 5.82 Å². The summed E-state index contributed by atoms with van der Waals surface area (Å²) in [5.41, 5.74) is 0.821. The third-order valence-electron chi connectivity index (χ3n) is 2.30. The van der Waals surface area contributed by atoms with Crippen LogP contribution < -0.4 is 5.19 Å². The molecule has 0 amide bonds. The molecule has 1 aromatic carbocycles. The minimum atomic E-state index is -1.34. The van der Waals surface area contributed by atoms with Crippen LogP contribution in [0.15, 0.2) is 18.2 Å². The molecule has 0 heterocycles. The molecule has 0 aromatic heterocycles. The van der Waals surface area contributed by atoms with Crippen molar-refractivity contribution in [2.75, 3.05) is 0 Å². The zero-order valence-electron chi connectivity index (χ0n) is 8.82. The Morgan fingerprint density at radius 2 is 1.85 bits per heavy atom. The van der Waals surface area contributed by atoms with E-state index in [1.165, 1.54) is 5.19 Å². The zero-order valence-corrected chi connectivity index (χ0v) is 9.82. The van der Waals surface area contributed by atoms with E-state index in [0.717, 1.165) is 12.0 Å². The summed E-state index contributed by atoms with van der Waals surface area (Å²) in [7, 11) is -1.34. The smallest absolute Gasteiger partial charge is 0.126 e. The lowest BCUT2D eigenvalue weighted by molar-refractivity contribution is 0.613. The quantitative estimate of drug-likeness (QED) is 0.638. The summed E-state index contributed by atoms with van der Waals surface area (Å²) in [4.78, 5) is 0. The highest BCUT2D eigenvalue weighted by Crippen LogP contribution is 2.09. The molecule has 0 bridgehead atoms. The van der Waals surface area contributed by atoms with Crippen LogP contribution in [-0.2, 0) is 6.42 Å². The van der Waals surface area contributed by atoms with Gasteiger partial charge in [0.1, 0.15) is 5.82 Å². The van der Waals surface area contributed by atoms with Gasteiger partial charge in [0, 0.05) is 0 Å². The first kappa shape index (κ1) is 10.4. The Labute approximate surface area is 80.8 Å². The van der Waals surface area contributed by atoms with Gasteiger partial charge in [0.25, 0.3) is 0 Å². The topological polar surface area (TPSA) is 0 Å². The van der Waals surface area contributed by atoms with Gasteiger partial charge in [-0.25, -0.2) is 4.39 Å². The van der Waals surface area contributed by atoms with E-state index in [4.69, 9.17) is 0 Å². The summed E-state index contributed by atoms with van der Waals surface area (Å²) in [5.74, 6) is -0.0394. The molecule has 2 heteroatoms. The van der Waals surface area contributed by atoms with Crippen molar-refractivity contribution in [2.45, 2.75) is 33.0 Å². The van der Waals surface area contributed by atoms with E-state index in [1.807, 2.05) is 13.0 Å². The lowest BCUT2D eigenvalue weighted by Gasteiger charge is -2.17. The fraction of sp³-hybridized carbons (Fsp3) is 0.455. The Morgan fingerprint density at radius 3 is 2.23 bits per heavy atom. The van der Waals surface area contributed by atoms with Crippen LogP contribution in [0.3, 0.4) is 0 Å². The standard InChI is InChI=1S/C11H17FSi/c1-5-9-6-7-10(8-11(9)12)13(2,3)4/h6-8H,5H2,1-4H3. The molecule has 0 fully saturated rings. The Kier molecular flexibility index (Phi) is 2.91. The predicted molar refractivity (Wildman–Crippen MR) is 58.8 cm³/mol. The Balaban J connectivity index is 3.10. The molecule has 0 unspecified atom stereocenters. The average Bonchev–Trinajstić information content (AvgIpc) is 2.02. The molecule has 0 N–H and O–H groups in total. The van der Waals surface area contributed by atoms with Gasteiger partial charge in [0.2, 0.25) is 0 Å². The van der Waals surface area contributed by atoms with E-state index in [9.17, 15) is 4.39 Å². The van der Waals surface area contributed by atoms with Crippen molar-refractivity contribution in [1.29, 1.82) is 0 Å². The van der Waals surface area contributed by atoms with E-state index < -0.39 is 8.07 Å². The van der Waals surface area contributed by atoms with Crippen molar-refractivity contribution in [3.05, 3.63) is 29.6 Å². The van der Waals surface area contributed by atoms with Crippen molar-refractivity contribution in [3.63, 3.8) is 0 Å². The maximum atomic E-state index is 13.4. The first-order chi connectivity index (χ1) is 5.95. The number of aryl methyl sites for hydroxylation is 1. The lowest BCUT2D eigenvalue weighted by atomic mass is 10.2. The zero-order chi connectivity index (χ0) is 10.1. The Hall–Kier alpha value is -0.633. The van der Waals surface area contributed by atoms with Gasteiger partial charge in [-0.3, -0.25) is 0 Å².